The lowest BCUT2D eigenvalue weighted by Gasteiger charge is -2.20. The van der Waals surface area contributed by atoms with Crippen LogP contribution in [0.4, 0.5) is 0 Å². The fourth-order valence-corrected chi connectivity index (χ4v) is 2.24. The number of aliphatic hydroxyl groups excluding tert-OH is 1. The van der Waals surface area contributed by atoms with Gasteiger partial charge in [-0.05, 0) is 29.3 Å². The second kappa shape index (κ2) is 6.56. The summed E-state index contributed by atoms with van der Waals surface area (Å²) in [5.41, 5.74) is 1.91. The van der Waals surface area contributed by atoms with Gasteiger partial charge in [-0.25, -0.2) is 0 Å². The van der Waals surface area contributed by atoms with Crippen LogP contribution in [0.25, 0.3) is 0 Å². The van der Waals surface area contributed by atoms with E-state index in [9.17, 15) is 5.11 Å². The molecule has 0 saturated heterocycles. The third kappa shape index (κ3) is 3.51. The highest BCUT2D eigenvalue weighted by molar-refractivity contribution is 5.44. The van der Waals surface area contributed by atoms with Crippen molar-refractivity contribution in [2.24, 2.45) is 0 Å². The highest BCUT2D eigenvalue weighted by Gasteiger charge is 2.15. The minimum absolute atomic E-state index is 0.467. The third-order valence-corrected chi connectivity index (χ3v) is 3.34. The molecule has 2 aromatic rings. The molecule has 2 N–H and O–H groups in total. The molecule has 2 heterocycles. The first-order valence-corrected chi connectivity index (χ1v) is 7.00. The first-order chi connectivity index (χ1) is 10.3. The smallest absolute Gasteiger partial charge is 0.161 e. The second-order valence-electron chi connectivity index (χ2n) is 4.91. The molecule has 0 saturated carbocycles. The molecule has 0 aliphatic carbocycles. The van der Waals surface area contributed by atoms with Crippen LogP contribution in [-0.4, -0.2) is 29.8 Å². The molecule has 1 aliphatic rings. The number of pyridine rings is 1. The molecule has 110 valence electrons. The Hall–Kier alpha value is -2.11. The molecule has 1 unspecified atom stereocenters. The molecule has 1 aromatic heterocycles. The van der Waals surface area contributed by atoms with Crippen LogP contribution in [0, 0.1) is 0 Å². The molecule has 21 heavy (non-hydrogen) atoms. The summed E-state index contributed by atoms with van der Waals surface area (Å²) in [5, 5.41) is 13.4. The topological polar surface area (TPSA) is 63.6 Å². The van der Waals surface area contributed by atoms with Crippen LogP contribution in [0.2, 0.25) is 0 Å². The summed E-state index contributed by atoms with van der Waals surface area (Å²) < 4.78 is 11.0. The molecular formula is C16H18N2O3. The van der Waals surface area contributed by atoms with Crippen molar-refractivity contribution in [3.05, 3.63) is 53.9 Å². The average molecular weight is 286 g/mol. The van der Waals surface area contributed by atoms with Gasteiger partial charge in [0.2, 0.25) is 0 Å². The number of hydrogen-bond donors (Lipinski definition) is 2. The summed E-state index contributed by atoms with van der Waals surface area (Å²) in [6.07, 6.45) is 2.97. The molecule has 5 heteroatoms. The van der Waals surface area contributed by atoms with E-state index in [1.54, 1.807) is 6.20 Å². The first-order valence-electron chi connectivity index (χ1n) is 7.00. The lowest BCUT2D eigenvalue weighted by molar-refractivity contribution is 0.163. The van der Waals surface area contributed by atoms with Crippen molar-refractivity contribution in [2.45, 2.75) is 12.6 Å². The van der Waals surface area contributed by atoms with E-state index in [1.165, 1.54) is 0 Å². The number of aliphatic hydroxyl groups is 1. The minimum Gasteiger partial charge on any atom is -0.486 e. The number of nitrogens with zero attached hydrogens (tertiary/aromatic N) is 1. The van der Waals surface area contributed by atoms with E-state index < -0.39 is 6.10 Å². The maximum atomic E-state index is 10.2. The maximum absolute atomic E-state index is 10.2. The predicted molar refractivity (Wildman–Crippen MR) is 78.3 cm³/mol. The fourth-order valence-electron chi connectivity index (χ4n) is 2.24. The normalized spacial score (nSPS) is 14.7. The zero-order valence-corrected chi connectivity index (χ0v) is 11.7. The largest absolute Gasteiger partial charge is 0.486 e. The van der Waals surface area contributed by atoms with Gasteiger partial charge in [0.1, 0.15) is 13.2 Å². The van der Waals surface area contributed by atoms with Gasteiger partial charge in [0.25, 0.3) is 0 Å². The summed E-state index contributed by atoms with van der Waals surface area (Å²) in [6, 6.07) is 9.44. The molecule has 5 nitrogen and oxygen atoms in total. The molecule has 0 radical (unpaired) electrons. The fraction of sp³-hybridized carbons (Fsp3) is 0.312. The second-order valence-corrected chi connectivity index (χ2v) is 4.91. The van der Waals surface area contributed by atoms with Crippen LogP contribution in [-0.2, 0) is 6.54 Å². The number of rotatable bonds is 5. The quantitative estimate of drug-likeness (QED) is 0.875. The molecule has 0 spiro atoms. The van der Waals surface area contributed by atoms with E-state index in [-0.39, 0.29) is 0 Å². The Morgan fingerprint density at radius 1 is 1.19 bits per heavy atom. The summed E-state index contributed by atoms with van der Waals surface area (Å²) in [7, 11) is 0. The first kappa shape index (κ1) is 13.9. The van der Waals surface area contributed by atoms with Crippen molar-refractivity contribution >= 4 is 0 Å². The van der Waals surface area contributed by atoms with Gasteiger partial charge in [-0.2, -0.15) is 0 Å². The highest BCUT2D eigenvalue weighted by atomic mass is 16.6. The van der Waals surface area contributed by atoms with Crippen LogP contribution in [0.3, 0.4) is 0 Å². The molecule has 0 amide bonds. The van der Waals surface area contributed by atoms with Crippen molar-refractivity contribution in [1.29, 1.82) is 0 Å². The lowest BCUT2D eigenvalue weighted by Crippen LogP contribution is -2.21. The van der Waals surface area contributed by atoms with E-state index in [0.717, 1.165) is 16.9 Å². The van der Waals surface area contributed by atoms with Crippen LogP contribution < -0.4 is 14.8 Å². The van der Waals surface area contributed by atoms with Crippen molar-refractivity contribution in [3.8, 4) is 11.5 Å². The van der Waals surface area contributed by atoms with Crippen molar-refractivity contribution in [2.75, 3.05) is 19.8 Å². The van der Waals surface area contributed by atoms with Gasteiger partial charge in [0.15, 0.2) is 11.5 Å². The number of aromatic nitrogens is 1. The Labute approximate surface area is 123 Å². The Balaban J connectivity index is 1.56. The Morgan fingerprint density at radius 2 is 2.05 bits per heavy atom. The van der Waals surface area contributed by atoms with E-state index in [2.05, 4.69) is 10.3 Å². The number of ether oxygens (including phenoxy) is 2. The van der Waals surface area contributed by atoms with E-state index >= 15 is 0 Å². The van der Waals surface area contributed by atoms with Gasteiger partial charge in [-0.3, -0.25) is 4.98 Å². The van der Waals surface area contributed by atoms with Gasteiger partial charge >= 0.3 is 0 Å². The van der Waals surface area contributed by atoms with Crippen LogP contribution in [0.15, 0.2) is 42.7 Å². The van der Waals surface area contributed by atoms with Gasteiger partial charge < -0.3 is 19.9 Å². The lowest BCUT2D eigenvalue weighted by atomic mass is 10.1. The molecule has 1 atom stereocenters. The van der Waals surface area contributed by atoms with Crippen molar-refractivity contribution < 1.29 is 14.6 Å². The van der Waals surface area contributed by atoms with E-state index in [1.807, 2.05) is 36.5 Å². The Morgan fingerprint density at radius 3 is 2.86 bits per heavy atom. The molecule has 3 rings (SSSR count). The van der Waals surface area contributed by atoms with Crippen molar-refractivity contribution in [1.82, 2.24) is 10.3 Å². The molecule has 0 fully saturated rings. The molecule has 0 bridgehead atoms. The zero-order chi connectivity index (χ0) is 14.5. The van der Waals surface area contributed by atoms with Crippen LogP contribution in [0.5, 0.6) is 11.5 Å². The Kier molecular flexibility index (Phi) is 4.33. The van der Waals surface area contributed by atoms with Crippen LogP contribution >= 0.6 is 0 Å². The number of fused-ring (bicyclic) bond motifs is 1. The number of hydrogen-bond acceptors (Lipinski definition) is 5. The van der Waals surface area contributed by atoms with E-state index in [4.69, 9.17) is 9.47 Å². The van der Waals surface area contributed by atoms with Gasteiger partial charge in [0, 0.05) is 25.5 Å². The SMILES string of the molecule is OC(CNCc1cccnc1)c1ccc2c(c1)OCCO2. The van der Waals surface area contributed by atoms with Gasteiger partial charge in [0.05, 0.1) is 6.10 Å². The summed E-state index contributed by atoms with van der Waals surface area (Å²) >= 11 is 0. The minimum atomic E-state index is -0.586. The summed E-state index contributed by atoms with van der Waals surface area (Å²) in [4.78, 5) is 4.06. The molecule has 1 aromatic carbocycles. The standard InChI is InChI=1S/C16H18N2O3/c19-14(11-18-10-12-2-1-5-17-9-12)13-3-4-15-16(8-13)21-7-6-20-15/h1-5,8-9,14,18-19H,6-7,10-11H2. The monoisotopic (exact) mass is 286 g/mol. The number of benzene rings is 1. The summed E-state index contributed by atoms with van der Waals surface area (Å²) in [5.74, 6) is 1.44. The predicted octanol–water partition coefficient (Wildman–Crippen LogP) is 1.68. The Bertz CT molecular complexity index is 589. The molecule has 1 aliphatic heterocycles. The van der Waals surface area contributed by atoms with Crippen LogP contribution in [0.1, 0.15) is 17.2 Å². The van der Waals surface area contributed by atoms with E-state index in [0.29, 0.717) is 32.1 Å². The number of nitrogens with one attached hydrogen (secondary N) is 1. The summed E-state index contributed by atoms with van der Waals surface area (Å²) in [6.45, 7) is 2.26. The molecular weight excluding hydrogens is 268 g/mol. The van der Waals surface area contributed by atoms with Gasteiger partial charge in [-0.15, -0.1) is 0 Å². The average Bonchev–Trinajstić information content (AvgIpc) is 2.55. The third-order valence-electron chi connectivity index (χ3n) is 3.34. The maximum Gasteiger partial charge on any atom is 0.161 e. The van der Waals surface area contributed by atoms with Gasteiger partial charge in [-0.1, -0.05) is 12.1 Å². The van der Waals surface area contributed by atoms with Crippen molar-refractivity contribution in [3.63, 3.8) is 0 Å². The zero-order valence-electron chi connectivity index (χ0n) is 11.7. The highest BCUT2D eigenvalue weighted by Crippen LogP contribution is 2.32.